The second kappa shape index (κ2) is 8.90. The van der Waals surface area contributed by atoms with Gasteiger partial charge in [0.25, 0.3) is 0 Å². The van der Waals surface area contributed by atoms with Crippen molar-refractivity contribution < 1.29 is 31.6 Å². The van der Waals surface area contributed by atoms with E-state index < -0.39 is 0 Å². The Bertz CT molecular complexity index is 461. The molecule has 0 saturated heterocycles. The number of halogens is 1. The standard InChI is InChI=1S/C16H23NO3.ClH/c1-3-17(4-2)9-8-14(18)13-6-7-15-16(12-13)20-11-5-10-19-15;/h6-7,12H,3-5,8-11H2,1-2H3;1H. The predicted octanol–water partition coefficient (Wildman–Crippen LogP) is -1.65. The Hall–Kier alpha value is -1.26. The third kappa shape index (κ3) is 4.90. The Kier molecular flexibility index (Phi) is 7.54. The van der Waals surface area contributed by atoms with Crippen molar-refractivity contribution in [2.75, 3.05) is 32.8 Å². The minimum atomic E-state index is 0. The van der Waals surface area contributed by atoms with Gasteiger partial charge in [-0.3, -0.25) is 4.79 Å². The molecule has 0 amide bonds. The third-order valence-electron chi connectivity index (χ3n) is 3.78. The number of carbonyl (C=O) groups excluding carboxylic acids is 1. The Morgan fingerprint density at radius 1 is 1.14 bits per heavy atom. The molecule has 0 aliphatic carbocycles. The lowest BCUT2D eigenvalue weighted by Gasteiger charge is -2.14. The molecule has 21 heavy (non-hydrogen) atoms. The smallest absolute Gasteiger partial charge is 0.168 e. The Labute approximate surface area is 132 Å². The van der Waals surface area contributed by atoms with E-state index in [1.54, 1.807) is 0 Å². The molecule has 0 fully saturated rings. The van der Waals surface area contributed by atoms with Crippen molar-refractivity contribution in [3.63, 3.8) is 0 Å². The van der Waals surface area contributed by atoms with Crippen LogP contribution in [0.3, 0.4) is 0 Å². The Morgan fingerprint density at radius 2 is 1.81 bits per heavy atom. The summed E-state index contributed by atoms with van der Waals surface area (Å²) in [5.41, 5.74) is 0.723. The molecule has 0 bridgehead atoms. The van der Waals surface area contributed by atoms with Crippen molar-refractivity contribution in [1.82, 2.24) is 0 Å². The summed E-state index contributed by atoms with van der Waals surface area (Å²) >= 11 is 0. The van der Waals surface area contributed by atoms with Gasteiger partial charge in [-0.2, -0.15) is 0 Å². The lowest BCUT2D eigenvalue weighted by molar-refractivity contribution is -0.895. The van der Waals surface area contributed by atoms with E-state index in [1.165, 1.54) is 4.90 Å². The van der Waals surface area contributed by atoms with E-state index in [0.717, 1.165) is 37.4 Å². The number of ketones is 1. The van der Waals surface area contributed by atoms with Gasteiger partial charge in [-0.25, -0.2) is 0 Å². The summed E-state index contributed by atoms with van der Waals surface area (Å²) in [5, 5.41) is 0. The first-order valence-corrected chi connectivity index (χ1v) is 7.51. The normalized spacial score (nSPS) is 13.5. The van der Waals surface area contributed by atoms with Gasteiger partial charge in [0.1, 0.15) is 0 Å². The molecular formula is C16H24ClNO3. The van der Waals surface area contributed by atoms with Crippen LogP contribution in [0.15, 0.2) is 18.2 Å². The molecule has 1 aliphatic rings. The largest absolute Gasteiger partial charge is 1.00 e. The quantitative estimate of drug-likeness (QED) is 0.640. The van der Waals surface area contributed by atoms with Crippen LogP contribution in [0.25, 0.3) is 0 Å². The number of benzene rings is 1. The number of hydrogen-bond acceptors (Lipinski definition) is 3. The van der Waals surface area contributed by atoms with Gasteiger partial charge in [0.15, 0.2) is 17.3 Å². The molecular weight excluding hydrogens is 290 g/mol. The van der Waals surface area contributed by atoms with Crippen LogP contribution in [-0.2, 0) is 0 Å². The number of carbonyl (C=O) groups is 1. The first-order chi connectivity index (χ1) is 9.74. The lowest BCUT2D eigenvalue weighted by Crippen LogP contribution is -3.11. The maximum Gasteiger partial charge on any atom is 0.168 e. The number of nitrogens with one attached hydrogen (secondary N) is 1. The molecule has 4 nitrogen and oxygen atoms in total. The zero-order valence-corrected chi connectivity index (χ0v) is 13.5. The summed E-state index contributed by atoms with van der Waals surface area (Å²) < 4.78 is 11.2. The van der Waals surface area contributed by atoms with Crippen LogP contribution in [0.2, 0.25) is 0 Å². The molecule has 2 rings (SSSR count). The summed E-state index contributed by atoms with van der Waals surface area (Å²) in [6, 6.07) is 5.51. The maximum absolute atomic E-state index is 12.2. The second-order valence-electron chi connectivity index (χ2n) is 5.09. The highest BCUT2D eigenvalue weighted by atomic mass is 35.5. The Morgan fingerprint density at radius 3 is 2.48 bits per heavy atom. The van der Waals surface area contributed by atoms with E-state index in [4.69, 9.17) is 9.47 Å². The minimum Gasteiger partial charge on any atom is -1.00 e. The highest BCUT2D eigenvalue weighted by Crippen LogP contribution is 2.30. The van der Waals surface area contributed by atoms with Crippen molar-refractivity contribution >= 4 is 5.78 Å². The number of hydrogen-bond donors (Lipinski definition) is 1. The maximum atomic E-state index is 12.2. The molecule has 5 heteroatoms. The molecule has 1 aliphatic heterocycles. The van der Waals surface area contributed by atoms with E-state index in [2.05, 4.69) is 13.8 Å². The third-order valence-corrected chi connectivity index (χ3v) is 3.78. The second-order valence-corrected chi connectivity index (χ2v) is 5.09. The zero-order chi connectivity index (χ0) is 14.4. The molecule has 118 valence electrons. The average Bonchev–Trinajstić information content (AvgIpc) is 2.72. The van der Waals surface area contributed by atoms with Gasteiger partial charge in [0, 0.05) is 12.0 Å². The molecule has 1 aromatic rings. The first kappa shape index (κ1) is 17.8. The van der Waals surface area contributed by atoms with Crippen molar-refractivity contribution in [2.24, 2.45) is 0 Å². The summed E-state index contributed by atoms with van der Waals surface area (Å²) in [7, 11) is 0. The van der Waals surface area contributed by atoms with Crippen molar-refractivity contribution in [3.05, 3.63) is 23.8 Å². The van der Waals surface area contributed by atoms with Crippen molar-refractivity contribution in [1.29, 1.82) is 0 Å². The number of fused-ring (bicyclic) bond motifs is 1. The molecule has 0 radical (unpaired) electrons. The van der Waals surface area contributed by atoms with Crippen LogP contribution in [0, 0.1) is 0 Å². The van der Waals surface area contributed by atoms with Gasteiger partial charge in [-0.05, 0) is 32.0 Å². The average molecular weight is 314 g/mol. The minimum absolute atomic E-state index is 0. The lowest BCUT2D eigenvalue weighted by atomic mass is 10.1. The molecule has 1 aromatic carbocycles. The SMILES string of the molecule is CC[NH+](CC)CCC(=O)c1ccc2c(c1)OCCCO2.[Cl-]. The van der Waals surface area contributed by atoms with Gasteiger partial charge < -0.3 is 26.8 Å². The predicted molar refractivity (Wildman–Crippen MR) is 77.9 cm³/mol. The molecule has 0 spiro atoms. The highest BCUT2D eigenvalue weighted by molar-refractivity contribution is 5.96. The van der Waals surface area contributed by atoms with Crippen LogP contribution in [0.4, 0.5) is 0 Å². The number of ether oxygens (including phenoxy) is 2. The summed E-state index contributed by atoms with van der Waals surface area (Å²) in [6.07, 6.45) is 1.46. The number of quaternary nitrogens is 1. The van der Waals surface area contributed by atoms with E-state index in [0.29, 0.717) is 25.4 Å². The summed E-state index contributed by atoms with van der Waals surface area (Å²) in [6.45, 7) is 8.63. The fourth-order valence-electron chi connectivity index (χ4n) is 2.37. The highest BCUT2D eigenvalue weighted by Gasteiger charge is 2.15. The fourth-order valence-corrected chi connectivity index (χ4v) is 2.37. The van der Waals surface area contributed by atoms with Gasteiger partial charge >= 0.3 is 0 Å². The summed E-state index contributed by atoms with van der Waals surface area (Å²) in [5.74, 6) is 1.62. The van der Waals surface area contributed by atoms with Crippen LogP contribution >= 0.6 is 0 Å². The molecule has 1 heterocycles. The monoisotopic (exact) mass is 313 g/mol. The van der Waals surface area contributed by atoms with Crippen molar-refractivity contribution in [3.8, 4) is 11.5 Å². The first-order valence-electron chi connectivity index (χ1n) is 7.51. The van der Waals surface area contributed by atoms with E-state index in [1.807, 2.05) is 18.2 Å². The van der Waals surface area contributed by atoms with Gasteiger partial charge in [0.2, 0.25) is 0 Å². The topological polar surface area (TPSA) is 40.0 Å². The van der Waals surface area contributed by atoms with Crippen LogP contribution in [0.1, 0.15) is 37.0 Å². The molecule has 0 saturated carbocycles. The number of Topliss-reactive ketones (excluding diaryl/α,β-unsaturated/α-hetero) is 1. The van der Waals surface area contributed by atoms with E-state index in [-0.39, 0.29) is 18.2 Å². The van der Waals surface area contributed by atoms with E-state index >= 15 is 0 Å². The van der Waals surface area contributed by atoms with Crippen LogP contribution < -0.4 is 26.8 Å². The molecule has 1 N–H and O–H groups in total. The van der Waals surface area contributed by atoms with Gasteiger partial charge in [0.05, 0.1) is 39.3 Å². The van der Waals surface area contributed by atoms with Crippen molar-refractivity contribution in [2.45, 2.75) is 26.7 Å². The molecule has 0 atom stereocenters. The fraction of sp³-hybridized carbons (Fsp3) is 0.562. The summed E-state index contributed by atoms with van der Waals surface area (Å²) in [4.78, 5) is 13.7. The van der Waals surface area contributed by atoms with E-state index in [9.17, 15) is 4.79 Å². The van der Waals surface area contributed by atoms with Gasteiger partial charge in [-0.15, -0.1) is 0 Å². The van der Waals surface area contributed by atoms with Crippen LogP contribution in [-0.4, -0.2) is 38.6 Å². The molecule has 0 aromatic heterocycles. The zero-order valence-electron chi connectivity index (χ0n) is 12.8. The van der Waals surface area contributed by atoms with Gasteiger partial charge in [-0.1, -0.05) is 0 Å². The Balaban J connectivity index is 0.00000220. The molecule has 0 unspecified atom stereocenters. The van der Waals surface area contributed by atoms with Crippen LogP contribution in [0.5, 0.6) is 11.5 Å². The number of rotatable bonds is 6.